The summed E-state index contributed by atoms with van der Waals surface area (Å²) in [6.07, 6.45) is 0.481. The van der Waals surface area contributed by atoms with Crippen molar-refractivity contribution in [2.24, 2.45) is 5.73 Å². The van der Waals surface area contributed by atoms with Crippen LogP contribution in [0.2, 0.25) is 0 Å². The molecule has 1 rings (SSSR count). The number of hydrogen-bond donors (Lipinski definition) is 3. The lowest BCUT2D eigenvalue weighted by molar-refractivity contribution is -0.138. The zero-order valence-electron chi connectivity index (χ0n) is 15.1. The van der Waals surface area contributed by atoms with Gasteiger partial charge in [-0.3, -0.25) is 9.59 Å². The number of rotatable bonds is 14. The van der Waals surface area contributed by atoms with Crippen LogP contribution in [0.15, 0.2) is 24.3 Å². The van der Waals surface area contributed by atoms with Crippen LogP contribution in [-0.4, -0.2) is 62.7 Å². The molecule has 1 aromatic carbocycles. The number of hydrogen-bond acceptors (Lipinski definition) is 6. The second kappa shape index (κ2) is 13.2. The Balaban J connectivity index is 2.14. The number of carboxylic acids is 1. The molecule has 8 nitrogen and oxygen atoms in total. The molecule has 0 radical (unpaired) electrons. The second-order valence-electron chi connectivity index (χ2n) is 5.57. The van der Waals surface area contributed by atoms with Gasteiger partial charge in [-0.1, -0.05) is 12.1 Å². The Morgan fingerprint density at radius 3 is 2.19 bits per heavy atom. The lowest BCUT2D eigenvalue weighted by Crippen LogP contribution is -2.32. The van der Waals surface area contributed by atoms with Crippen LogP contribution in [0, 0.1) is 0 Å². The molecule has 0 spiro atoms. The van der Waals surface area contributed by atoms with E-state index < -0.39 is 12.0 Å². The van der Waals surface area contributed by atoms with E-state index in [2.05, 4.69) is 5.32 Å². The van der Waals surface area contributed by atoms with Gasteiger partial charge in [-0.15, -0.1) is 0 Å². The largest absolute Gasteiger partial charge is 0.480 e. The topological polar surface area (TPSA) is 120 Å². The van der Waals surface area contributed by atoms with Crippen LogP contribution >= 0.6 is 0 Å². The minimum absolute atomic E-state index is 0.155. The predicted octanol–water partition coefficient (Wildman–Crippen LogP) is 1.04. The molecule has 0 fully saturated rings. The Kier molecular flexibility index (Phi) is 11.2. The first-order chi connectivity index (χ1) is 12.5. The molecular formula is C18H28N2O6. The van der Waals surface area contributed by atoms with Gasteiger partial charge >= 0.3 is 5.97 Å². The van der Waals surface area contributed by atoms with Gasteiger partial charge in [0.1, 0.15) is 6.04 Å². The fourth-order valence-corrected chi connectivity index (χ4v) is 2.04. The van der Waals surface area contributed by atoms with Crippen LogP contribution in [0.1, 0.15) is 18.9 Å². The van der Waals surface area contributed by atoms with Crippen molar-refractivity contribution in [2.75, 3.05) is 45.0 Å². The van der Waals surface area contributed by atoms with Gasteiger partial charge in [-0.05, 0) is 31.0 Å². The van der Waals surface area contributed by atoms with Crippen molar-refractivity contribution < 1.29 is 28.9 Å². The van der Waals surface area contributed by atoms with Crippen molar-refractivity contribution in [3.8, 4) is 0 Å². The summed E-state index contributed by atoms with van der Waals surface area (Å²) in [5.41, 5.74) is 6.93. The lowest BCUT2D eigenvalue weighted by atomic mass is 10.1. The summed E-state index contributed by atoms with van der Waals surface area (Å²) in [5.74, 6) is -1.20. The van der Waals surface area contributed by atoms with Crippen molar-refractivity contribution in [3.63, 3.8) is 0 Å². The monoisotopic (exact) mass is 368 g/mol. The van der Waals surface area contributed by atoms with Gasteiger partial charge in [0.05, 0.1) is 39.5 Å². The second-order valence-corrected chi connectivity index (χ2v) is 5.57. The van der Waals surface area contributed by atoms with Crippen LogP contribution in [-0.2, 0) is 30.2 Å². The smallest absolute Gasteiger partial charge is 0.320 e. The van der Waals surface area contributed by atoms with E-state index in [4.69, 9.17) is 25.1 Å². The summed E-state index contributed by atoms with van der Waals surface area (Å²) in [5, 5.41) is 11.6. The maximum absolute atomic E-state index is 11.8. The number of ether oxygens (including phenoxy) is 3. The number of carbonyl (C=O) groups is 2. The molecule has 0 bridgehead atoms. The zero-order chi connectivity index (χ0) is 19.2. The Morgan fingerprint density at radius 1 is 1.04 bits per heavy atom. The fraction of sp³-hybridized carbons (Fsp3) is 0.556. The van der Waals surface area contributed by atoms with Gasteiger partial charge in [0, 0.05) is 12.3 Å². The quantitative estimate of drug-likeness (QED) is 0.420. The molecule has 8 heteroatoms. The maximum atomic E-state index is 11.8. The van der Waals surface area contributed by atoms with Gasteiger partial charge in [-0.25, -0.2) is 0 Å². The SMILES string of the molecule is CCOCCOCCOCCC(=O)Nc1ccc(CC(N)C(=O)O)cc1. The number of carboxylic acid groups (broad SMARTS) is 1. The van der Waals surface area contributed by atoms with E-state index in [1.165, 1.54) is 0 Å². The number of carbonyl (C=O) groups excluding carboxylic acids is 1. The van der Waals surface area contributed by atoms with E-state index in [0.717, 1.165) is 5.56 Å². The summed E-state index contributed by atoms with van der Waals surface area (Å²) in [7, 11) is 0. The number of nitrogens with one attached hydrogen (secondary N) is 1. The first kappa shape index (κ1) is 22.0. The highest BCUT2D eigenvalue weighted by atomic mass is 16.5. The molecule has 26 heavy (non-hydrogen) atoms. The highest BCUT2D eigenvalue weighted by molar-refractivity contribution is 5.90. The number of benzene rings is 1. The number of nitrogens with two attached hydrogens (primary N) is 1. The van der Waals surface area contributed by atoms with Gasteiger partial charge in [0.15, 0.2) is 0 Å². The lowest BCUT2D eigenvalue weighted by Gasteiger charge is -2.09. The summed E-state index contributed by atoms with van der Waals surface area (Å²) in [6, 6.07) is 5.99. The molecule has 0 heterocycles. The van der Waals surface area contributed by atoms with E-state index >= 15 is 0 Å². The molecule has 1 unspecified atom stereocenters. The van der Waals surface area contributed by atoms with Gasteiger partial charge < -0.3 is 30.4 Å². The van der Waals surface area contributed by atoms with Gasteiger partial charge in [-0.2, -0.15) is 0 Å². The normalized spacial score (nSPS) is 11.9. The Labute approximate surface area is 153 Å². The summed E-state index contributed by atoms with van der Waals surface area (Å²) >= 11 is 0. The predicted molar refractivity (Wildman–Crippen MR) is 97.1 cm³/mol. The third-order valence-electron chi connectivity index (χ3n) is 3.43. The molecule has 0 saturated carbocycles. The minimum atomic E-state index is -1.04. The molecular weight excluding hydrogens is 340 g/mol. The highest BCUT2D eigenvalue weighted by Gasteiger charge is 2.12. The Morgan fingerprint density at radius 2 is 1.62 bits per heavy atom. The van der Waals surface area contributed by atoms with Crippen LogP contribution in [0.3, 0.4) is 0 Å². The Bertz CT molecular complexity index is 535. The Hall–Kier alpha value is -2.00. The highest BCUT2D eigenvalue weighted by Crippen LogP contribution is 2.11. The standard InChI is InChI=1S/C18H28N2O6/c1-2-24-9-10-26-12-11-25-8-7-17(21)20-15-5-3-14(4-6-15)13-16(19)18(22)23/h3-6,16H,2,7-13,19H2,1H3,(H,20,21)(H,22,23). The van der Waals surface area contributed by atoms with Crippen molar-refractivity contribution >= 4 is 17.6 Å². The molecule has 0 saturated heterocycles. The van der Waals surface area contributed by atoms with E-state index in [-0.39, 0.29) is 18.7 Å². The molecule has 0 aliphatic carbocycles. The van der Waals surface area contributed by atoms with Crippen molar-refractivity contribution in [3.05, 3.63) is 29.8 Å². The third-order valence-corrected chi connectivity index (χ3v) is 3.43. The van der Waals surface area contributed by atoms with E-state index in [0.29, 0.717) is 45.3 Å². The van der Waals surface area contributed by atoms with E-state index in [1.54, 1.807) is 24.3 Å². The fourth-order valence-electron chi connectivity index (χ4n) is 2.04. The van der Waals surface area contributed by atoms with Gasteiger partial charge in [0.2, 0.25) is 5.91 Å². The van der Waals surface area contributed by atoms with Crippen LogP contribution in [0.5, 0.6) is 0 Å². The first-order valence-corrected chi connectivity index (χ1v) is 8.63. The zero-order valence-corrected chi connectivity index (χ0v) is 15.1. The molecule has 1 amide bonds. The third kappa shape index (κ3) is 10.1. The summed E-state index contributed by atoms with van der Waals surface area (Å²) in [6.45, 7) is 4.91. The number of aliphatic carboxylic acids is 1. The molecule has 0 aliphatic rings. The molecule has 1 aromatic rings. The van der Waals surface area contributed by atoms with Crippen LogP contribution in [0.25, 0.3) is 0 Å². The molecule has 4 N–H and O–H groups in total. The van der Waals surface area contributed by atoms with E-state index in [1.807, 2.05) is 6.92 Å². The molecule has 146 valence electrons. The number of anilines is 1. The van der Waals surface area contributed by atoms with E-state index in [9.17, 15) is 9.59 Å². The van der Waals surface area contributed by atoms with Crippen molar-refractivity contribution in [1.82, 2.24) is 0 Å². The maximum Gasteiger partial charge on any atom is 0.320 e. The molecule has 0 aromatic heterocycles. The van der Waals surface area contributed by atoms with Crippen LogP contribution < -0.4 is 11.1 Å². The van der Waals surface area contributed by atoms with Crippen molar-refractivity contribution in [1.29, 1.82) is 0 Å². The van der Waals surface area contributed by atoms with Crippen molar-refractivity contribution in [2.45, 2.75) is 25.8 Å². The average Bonchev–Trinajstić information content (AvgIpc) is 2.62. The summed E-state index contributed by atoms with van der Waals surface area (Å²) < 4.78 is 15.8. The first-order valence-electron chi connectivity index (χ1n) is 8.63. The molecule has 0 aliphatic heterocycles. The molecule has 1 atom stereocenters. The van der Waals surface area contributed by atoms with Gasteiger partial charge in [0.25, 0.3) is 0 Å². The minimum Gasteiger partial charge on any atom is -0.480 e. The average molecular weight is 368 g/mol. The number of amides is 1. The summed E-state index contributed by atoms with van der Waals surface area (Å²) in [4.78, 5) is 22.6. The van der Waals surface area contributed by atoms with Crippen LogP contribution in [0.4, 0.5) is 5.69 Å².